The maximum atomic E-state index is 11.3. The Morgan fingerprint density at radius 2 is 1.76 bits per heavy atom. The molecule has 0 aromatic rings. The fourth-order valence-corrected chi connectivity index (χ4v) is 0.962. The summed E-state index contributed by atoms with van der Waals surface area (Å²) in [4.78, 5) is 32.9. The van der Waals surface area contributed by atoms with Gasteiger partial charge in [-0.2, -0.15) is 0 Å². The van der Waals surface area contributed by atoms with Crippen molar-refractivity contribution in [3.63, 3.8) is 0 Å². The second kappa shape index (κ2) is 7.26. The fraction of sp³-hybridized carbons (Fsp3) is 0.500. The molecule has 1 N–H and O–H groups in total. The van der Waals surface area contributed by atoms with Crippen LogP contribution in [0, 0.1) is 0 Å². The van der Waals surface area contributed by atoms with Gasteiger partial charge in [0.05, 0.1) is 14.2 Å². The van der Waals surface area contributed by atoms with Crippen LogP contribution in [0.5, 0.6) is 0 Å². The second-order valence-electron chi connectivity index (χ2n) is 3.00. The van der Waals surface area contributed by atoms with Crippen molar-refractivity contribution in [1.29, 1.82) is 0 Å². The molecule has 0 saturated heterocycles. The largest absolute Gasteiger partial charge is 0.464 e. The summed E-state index contributed by atoms with van der Waals surface area (Å²) in [5.74, 6) is -1.27. The first-order chi connectivity index (χ1) is 7.90. The van der Waals surface area contributed by atoms with Crippen molar-refractivity contribution in [2.75, 3.05) is 14.2 Å². The van der Waals surface area contributed by atoms with Gasteiger partial charge >= 0.3 is 18.0 Å². The third kappa shape index (κ3) is 6.18. The fourth-order valence-electron chi connectivity index (χ4n) is 0.962. The topological polar surface area (TPSA) is 90.9 Å². The predicted molar refractivity (Wildman–Crippen MR) is 56.9 cm³/mol. The van der Waals surface area contributed by atoms with Gasteiger partial charge in [-0.15, -0.1) is 0 Å². The van der Waals surface area contributed by atoms with Crippen LogP contribution in [-0.2, 0) is 23.8 Å². The van der Waals surface area contributed by atoms with Crippen LogP contribution in [0.25, 0.3) is 0 Å². The number of amides is 1. The molecular formula is C10H15NO6. The number of carbonyl (C=O) groups is 3. The van der Waals surface area contributed by atoms with Gasteiger partial charge in [-0.1, -0.05) is 0 Å². The van der Waals surface area contributed by atoms with E-state index in [0.717, 1.165) is 14.2 Å². The van der Waals surface area contributed by atoms with Gasteiger partial charge in [0, 0.05) is 6.92 Å². The molecule has 0 aromatic carbocycles. The van der Waals surface area contributed by atoms with Crippen LogP contribution >= 0.6 is 0 Å². The molecule has 1 atom stereocenters. The molecule has 0 heterocycles. The summed E-state index contributed by atoms with van der Waals surface area (Å²) < 4.78 is 13.6. The van der Waals surface area contributed by atoms with Gasteiger partial charge in [0.25, 0.3) is 0 Å². The normalized spacial score (nSPS) is 12.4. The van der Waals surface area contributed by atoms with Crippen LogP contribution in [-0.4, -0.2) is 38.4 Å². The highest BCUT2D eigenvalue weighted by Crippen LogP contribution is 2.01. The Bertz CT molecular complexity index is 336. The Morgan fingerprint density at radius 1 is 1.18 bits per heavy atom. The van der Waals surface area contributed by atoms with Gasteiger partial charge in [0.1, 0.15) is 11.8 Å². The summed E-state index contributed by atoms with van der Waals surface area (Å²) in [5.41, 5.74) is -0.159. The van der Waals surface area contributed by atoms with Gasteiger partial charge in [-0.05, 0) is 13.0 Å². The van der Waals surface area contributed by atoms with Gasteiger partial charge in [-0.25, -0.2) is 9.59 Å². The van der Waals surface area contributed by atoms with Gasteiger partial charge in [0.2, 0.25) is 0 Å². The molecule has 0 unspecified atom stereocenters. The number of alkyl carbamates (subject to hydrolysis) is 1. The third-order valence-corrected chi connectivity index (χ3v) is 1.58. The molecule has 0 aliphatic rings. The van der Waals surface area contributed by atoms with Crippen LogP contribution in [0.15, 0.2) is 11.8 Å². The summed E-state index contributed by atoms with van der Waals surface area (Å²) in [6.07, 6.45) is -0.264. The van der Waals surface area contributed by atoms with Crippen LogP contribution < -0.4 is 5.32 Å². The van der Waals surface area contributed by atoms with Crippen LogP contribution in [0.3, 0.4) is 0 Å². The highest BCUT2D eigenvalue weighted by Gasteiger charge is 2.15. The highest BCUT2D eigenvalue weighted by atomic mass is 16.5. The number of ether oxygens (including phenoxy) is 3. The van der Waals surface area contributed by atoms with E-state index < -0.39 is 24.1 Å². The summed E-state index contributed by atoms with van der Waals surface area (Å²) >= 11 is 0. The number of rotatable bonds is 4. The van der Waals surface area contributed by atoms with E-state index in [9.17, 15) is 14.4 Å². The standard InChI is InChI=1S/C10H15NO6/c1-6(17-7(2)12)5-8(9(13)15-3)11-10(14)16-4/h5-6H,1-4H3,(H,11,14)/b8-5-/t6-/m0/s1. The molecule has 96 valence electrons. The Hall–Kier alpha value is -2.05. The van der Waals surface area contributed by atoms with Crippen molar-refractivity contribution in [1.82, 2.24) is 5.32 Å². The Kier molecular flexibility index (Phi) is 6.39. The van der Waals surface area contributed by atoms with Crippen LogP contribution in [0.4, 0.5) is 4.79 Å². The lowest BCUT2D eigenvalue weighted by Gasteiger charge is -2.11. The molecule has 0 aliphatic heterocycles. The second-order valence-corrected chi connectivity index (χ2v) is 3.00. The average molecular weight is 245 g/mol. The maximum Gasteiger partial charge on any atom is 0.411 e. The molecule has 0 rings (SSSR count). The first-order valence-electron chi connectivity index (χ1n) is 4.73. The number of hydrogen-bond donors (Lipinski definition) is 1. The molecular weight excluding hydrogens is 230 g/mol. The zero-order chi connectivity index (χ0) is 13.4. The maximum absolute atomic E-state index is 11.3. The summed E-state index contributed by atoms with van der Waals surface area (Å²) in [6.45, 7) is 2.76. The first kappa shape index (κ1) is 14.9. The highest BCUT2D eigenvalue weighted by molar-refractivity contribution is 5.92. The summed E-state index contributed by atoms with van der Waals surface area (Å²) in [5, 5.41) is 2.16. The quantitative estimate of drug-likeness (QED) is 0.436. The van der Waals surface area contributed by atoms with Gasteiger partial charge < -0.3 is 14.2 Å². The molecule has 17 heavy (non-hydrogen) atoms. The van der Waals surface area contributed by atoms with Crippen LogP contribution in [0.2, 0.25) is 0 Å². The molecule has 0 saturated carbocycles. The predicted octanol–water partition coefficient (Wildman–Crippen LogP) is 0.351. The van der Waals surface area contributed by atoms with Gasteiger partial charge in [-0.3, -0.25) is 10.1 Å². The lowest BCUT2D eigenvalue weighted by atomic mass is 10.3. The van der Waals surface area contributed by atoms with E-state index in [-0.39, 0.29) is 5.70 Å². The SMILES string of the molecule is COC(=O)N/C(=C\[C@H](C)OC(C)=O)C(=O)OC. The number of hydrogen-bond acceptors (Lipinski definition) is 6. The molecule has 0 fully saturated rings. The Balaban J connectivity index is 4.77. The minimum atomic E-state index is -0.823. The summed E-state index contributed by atoms with van der Waals surface area (Å²) in [7, 11) is 2.31. The van der Waals surface area contributed by atoms with Crippen molar-refractivity contribution >= 4 is 18.0 Å². The van der Waals surface area contributed by atoms with E-state index in [1.54, 1.807) is 0 Å². The molecule has 0 radical (unpaired) electrons. The number of methoxy groups -OCH3 is 2. The number of esters is 2. The molecule has 0 aliphatic carbocycles. The van der Waals surface area contributed by atoms with E-state index in [1.165, 1.54) is 19.9 Å². The zero-order valence-electron chi connectivity index (χ0n) is 10.1. The minimum Gasteiger partial charge on any atom is -0.464 e. The van der Waals surface area contributed by atoms with Crippen LogP contribution in [0.1, 0.15) is 13.8 Å². The lowest BCUT2D eigenvalue weighted by Crippen LogP contribution is -2.29. The monoisotopic (exact) mass is 245 g/mol. The van der Waals surface area contributed by atoms with E-state index in [4.69, 9.17) is 4.74 Å². The van der Waals surface area contributed by atoms with Crippen molar-refractivity contribution in [3.05, 3.63) is 11.8 Å². The molecule has 1 amide bonds. The summed E-state index contributed by atoms with van der Waals surface area (Å²) in [6, 6.07) is 0. The molecule has 0 spiro atoms. The van der Waals surface area contributed by atoms with Gasteiger partial charge in [0.15, 0.2) is 0 Å². The first-order valence-corrected chi connectivity index (χ1v) is 4.73. The van der Waals surface area contributed by atoms with E-state index in [0.29, 0.717) is 0 Å². The van der Waals surface area contributed by atoms with E-state index >= 15 is 0 Å². The molecule has 0 bridgehead atoms. The Morgan fingerprint density at radius 3 is 2.18 bits per heavy atom. The average Bonchev–Trinajstić information content (AvgIpc) is 2.25. The number of carbonyl (C=O) groups excluding carboxylic acids is 3. The van der Waals surface area contributed by atoms with E-state index in [2.05, 4.69) is 14.8 Å². The number of nitrogens with one attached hydrogen (secondary N) is 1. The smallest absolute Gasteiger partial charge is 0.411 e. The van der Waals surface area contributed by atoms with Crippen molar-refractivity contribution in [2.45, 2.75) is 20.0 Å². The molecule has 7 nitrogen and oxygen atoms in total. The van der Waals surface area contributed by atoms with Crippen molar-refractivity contribution in [3.8, 4) is 0 Å². The molecule has 0 aromatic heterocycles. The third-order valence-electron chi connectivity index (χ3n) is 1.58. The zero-order valence-corrected chi connectivity index (χ0v) is 10.1. The van der Waals surface area contributed by atoms with Crippen molar-refractivity contribution < 1.29 is 28.6 Å². The minimum absolute atomic E-state index is 0.159. The van der Waals surface area contributed by atoms with Crippen molar-refractivity contribution in [2.24, 2.45) is 0 Å². The molecule has 7 heteroatoms. The van der Waals surface area contributed by atoms with E-state index in [1.807, 2.05) is 0 Å². The lowest BCUT2D eigenvalue weighted by molar-refractivity contribution is -0.144. The Labute approximate surface area is 98.7 Å².